The van der Waals surface area contributed by atoms with E-state index < -0.39 is 0 Å². The van der Waals surface area contributed by atoms with Crippen molar-refractivity contribution in [2.75, 3.05) is 18.8 Å². The maximum atomic E-state index is 11.9. The minimum atomic E-state index is -0.231. The molecule has 0 bridgehead atoms. The van der Waals surface area contributed by atoms with Gasteiger partial charge in [-0.05, 0) is 19.1 Å². The normalized spacial score (nSPS) is 9.50. The number of carbonyl (C=O) groups is 1. The number of hydrogen-bond acceptors (Lipinski definition) is 5. The van der Waals surface area contributed by atoms with Crippen molar-refractivity contribution in [2.24, 2.45) is 0 Å². The summed E-state index contributed by atoms with van der Waals surface area (Å²) < 4.78 is 0. The highest BCUT2D eigenvalue weighted by Gasteiger charge is 2.15. The molecule has 0 unspecified atom stereocenters. The van der Waals surface area contributed by atoms with Crippen LogP contribution in [0.3, 0.4) is 0 Å². The van der Waals surface area contributed by atoms with E-state index in [0.717, 1.165) is 0 Å². The first kappa shape index (κ1) is 11.9. The van der Waals surface area contributed by atoms with Crippen LogP contribution >= 0.6 is 0 Å². The summed E-state index contributed by atoms with van der Waals surface area (Å²) in [6.07, 6.45) is 0.308. The Kier molecular flexibility index (Phi) is 4.21. The van der Waals surface area contributed by atoms with Crippen molar-refractivity contribution in [1.82, 2.24) is 15.1 Å². The Bertz CT molecular complexity index is 395. The number of amides is 1. The van der Waals surface area contributed by atoms with Gasteiger partial charge in [0.2, 0.25) is 0 Å². The van der Waals surface area contributed by atoms with E-state index >= 15 is 0 Å². The molecule has 1 amide bonds. The zero-order valence-corrected chi connectivity index (χ0v) is 9.05. The minimum Gasteiger partial charge on any atom is -0.382 e. The zero-order valence-electron chi connectivity index (χ0n) is 9.05. The van der Waals surface area contributed by atoms with E-state index in [1.54, 1.807) is 4.90 Å². The fraction of sp³-hybridized carbons (Fsp3) is 0.400. The maximum absolute atomic E-state index is 11.9. The topological polar surface area (TPSA) is 95.9 Å². The van der Waals surface area contributed by atoms with Gasteiger partial charge in [0.1, 0.15) is 5.82 Å². The van der Waals surface area contributed by atoms with Crippen molar-refractivity contribution in [3.63, 3.8) is 0 Å². The Morgan fingerprint density at radius 3 is 2.81 bits per heavy atom. The first-order valence-electron chi connectivity index (χ1n) is 4.94. The third kappa shape index (κ3) is 2.92. The molecular formula is C10H13N5O. The highest BCUT2D eigenvalue weighted by atomic mass is 16.2. The van der Waals surface area contributed by atoms with Gasteiger partial charge in [-0.1, -0.05) is 0 Å². The Morgan fingerprint density at radius 2 is 2.31 bits per heavy atom. The third-order valence-electron chi connectivity index (χ3n) is 2.07. The molecule has 16 heavy (non-hydrogen) atoms. The Labute approximate surface area is 93.7 Å². The average Bonchev–Trinajstić information content (AvgIpc) is 2.30. The number of hydrogen-bond donors (Lipinski definition) is 1. The number of nitrogen functional groups attached to an aromatic ring is 1. The van der Waals surface area contributed by atoms with Crippen molar-refractivity contribution in [3.05, 3.63) is 17.8 Å². The number of nitriles is 1. The van der Waals surface area contributed by atoms with Gasteiger partial charge in [0.05, 0.1) is 12.5 Å². The highest BCUT2D eigenvalue weighted by molar-refractivity contribution is 5.92. The molecule has 0 radical (unpaired) electrons. The predicted octanol–water partition coefficient (Wildman–Crippen LogP) is 0.435. The molecule has 0 aromatic carbocycles. The first-order chi connectivity index (χ1) is 7.69. The molecule has 2 N–H and O–H groups in total. The van der Waals surface area contributed by atoms with Crippen LogP contribution in [0.5, 0.6) is 0 Å². The summed E-state index contributed by atoms with van der Waals surface area (Å²) in [5, 5.41) is 15.8. The van der Waals surface area contributed by atoms with E-state index in [2.05, 4.69) is 10.2 Å². The van der Waals surface area contributed by atoms with Gasteiger partial charge in [0, 0.05) is 13.1 Å². The molecule has 0 aliphatic heterocycles. The van der Waals surface area contributed by atoms with Crippen LogP contribution in [-0.2, 0) is 0 Å². The van der Waals surface area contributed by atoms with Crippen LogP contribution in [0.25, 0.3) is 0 Å². The van der Waals surface area contributed by atoms with Crippen LogP contribution < -0.4 is 5.73 Å². The van der Waals surface area contributed by atoms with E-state index in [4.69, 9.17) is 11.0 Å². The van der Waals surface area contributed by atoms with Crippen molar-refractivity contribution < 1.29 is 4.79 Å². The Balaban J connectivity index is 2.75. The monoisotopic (exact) mass is 219 g/mol. The molecule has 0 fully saturated rings. The van der Waals surface area contributed by atoms with E-state index in [1.165, 1.54) is 12.1 Å². The molecule has 1 heterocycles. The number of carbonyl (C=O) groups excluding carboxylic acids is 1. The van der Waals surface area contributed by atoms with Gasteiger partial charge in [-0.15, -0.1) is 10.2 Å². The summed E-state index contributed by atoms with van der Waals surface area (Å²) in [5.74, 6) is 0.0434. The first-order valence-corrected chi connectivity index (χ1v) is 4.94. The van der Waals surface area contributed by atoms with Gasteiger partial charge >= 0.3 is 0 Å². The van der Waals surface area contributed by atoms with Crippen molar-refractivity contribution in [1.29, 1.82) is 5.26 Å². The quantitative estimate of drug-likeness (QED) is 0.792. The molecule has 6 nitrogen and oxygen atoms in total. The summed E-state index contributed by atoms with van der Waals surface area (Å²) in [6.45, 7) is 2.78. The smallest absolute Gasteiger partial charge is 0.274 e. The number of rotatable bonds is 4. The van der Waals surface area contributed by atoms with E-state index in [1.807, 2.05) is 13.0 Å². The molecule has 0 aliphatic rings. The van der Waals surface area contributed by atoms with Crippen molar-refractivity contribution in [2.45, 2.75) is 13.3 Å². The van der Waals surface area contributed by atoms with Crippen LogP contribution in [0.1, 0.15) is 23.8 Å². The van der Waals surface area contributed by atoms with Gasteiger partial charge in [0.15, 0.2) is 5.69 Å². The Hall–Kier alpha value is -2.16. The predicted molar refractivity (Wildman–Crippen MR) is 58.3 cm³/mol. The fourth-order valence-corrected chi connectivity index (χ4v) is 1.21. The lowest BCUT2D eigenvalue weighted by Crippen LogP contribution is -2.32. The molecule has 6 heteroatoms. The average molecular weight is 219 g/mol. The lowest BCUT2D eigenvalue weighted by atomic mass is 10.3. The molecule has 0 aliphatic carbocycles. The second-order valence-electron chi connectivity index (χ2n) is 3.14. The summed E-state index contributed by atoms with van der Waals surface area (Å²) in [5.41, 5.74) is 5.62. The summed E-state index contributed by atoms with van der Waals surface area (Å²) >= 11 is 0. The van der Waals surface area contributed by atoms with Crippen molar-refractivity contribution in [3.8, 4) is 6.07 Å². The van der Waals surface area contributed by atoms with Gasteiger partial charge < -0.3 is 10.6 Å². The summed E-state index contributed by atoms with van der Waals surface area (Å²) in [7, 11) is 0. The minimum absolute atomic E-state index is 0.231. The molecule has 1 rings (SSSR count). The lowest BCUT2D eigenvalue weighted by molar-refractivity contribution is 0.0761. The van der Waals surface area contributed by atoms with Gasteiger partial charge in [0.25, 0.3) is 5.91 Å². The molecule has 0 saturated carbocycles. The Morgan fingerprint density at radius 1 is 1.56 bits per heavy atom. The molecule has 1 aromatic rings. The molecule has 0 spiro atoms. The van der Waals surface area contributed by atoms with Crippen LogP contribution in [0, 0.1) is 11.3 Å². The van der Waals surface area contributed by atoms with E-state index in [-0.39, 0.29) is 17.4 Å². The van der Waals surface area contributed by atoms with E-state index in [9.17, 15) is 4.79 Å². The summed E-state index contributed by atoms with van der Waals surface area (Å²) in [6, 6.07) is 5.05. The standard InChI is InChI=1S/C10H13N5O/c1-2-15(7-3-6-11)10(16)8-4-5-9(12)14-13-8/h4-5H,2-3,7H2,1H3,(H2,12,14). The molecule has 1 aromatic heterocycles. The van der Waals surface area contributed by atoms with Crippen LogP contribution in [0.2, 0.25) is 0 Å². The number of anilines is 1. The van der Waals surface area contributed by atoms with Crippen LogP contribution in [0.4, 0.5) is 5.82 Å². The second kappa shape index (κ2) is 5.66. The molecular weight excluding hydrogens is 206 g/mol. The molecule has 0 saturated heterocycles. The molecule has 84 valence electrons. The third-order valence-corrected chi connectivity index (χ3v) is 2.07. The lowest BCUT2D eigenvalue weighted by Gasteiger charge is -2.18. The molecule has 0 atom stereocenters. The second-order valence-corrected chi connectivity index (χ2v) is 3.14. The highest BCUT2D eigenvalue weighted by Crippen LogP contribution is 2.03. The summed E-state index contributed by atoms with van der Waals surface area (Å²) in [4.78, 5) is 13.4. The van der Waals surface area contributed by atoms with E-state index in [0.29, 0.717) is 19.5 Å². The fourth-order valence-electron chi connectivity index (χ4n) is 1.21. The van der Waals surface area contributed by atoms with Gasteiger partial charge in [-0.25, -0.2) is 0 Å². The zero-order chi connectivity index (χ0) is 12.0. The van der Waals surface area contributed by atoms with Crippen LogP contribution in [-0.4, -0.2) is 34.1 Å². The van der Waals surface area contributed by atoms with Gasteiger partial charge in [-0.3, -0.25) is 4.79 Å². The van der Waals surface area contributed by atoms with Crippen LogP contribution in [0.15, 0.2) is 12.1 Å². The maximum Gasteiger partial charge on any atom is 0.274 e. The number of nitrogens with zero attached hydrogens (tertiary/aromatic N) is 4. The van der Waals surface area contributed by atoms with Gasteiger partial charge in [-0.2, -0.15) is 5.26 Å². The largest absolute Gasteiger partial charge is 0.382 e. The number of aromatic nitrogens is 2. The van der Waals surface area contributed by atoms with Crippen molar-refractivity contribution >= 4 is 11.7 Å². The SMILES string of the molecule is CCN(CCC#N)C(=O)c1ccc(N)nn1. The number of nitrogens with two attached hydrogens (primary N) is 1.